The highest BCUT2D eigenvalue weighted by molar-refractivity contribution is 6.09. The molecule has 4 aromatic rings. The maximum Gasteiger partial charge on any atom is 0.344 e. The number of carbonyl (C=O) groups is 2. The molecule has 2 aromatic carbocycles. The van der Waals surface area contributed by atoms with Crippen LogP contribution in [0.15, 0.2) is 48.5 Å². The molecule has 31 heavy (non-hydrogen) atoms. The molecule has 0 aliphatic heterocycles. The fourth-order valence-corrected chi connectivity index (χ4v) is 3.38. The molecule has 2 N–H and O–H groups in total. The number of ether oxygens (including phenoxy) is 1. The van der Waals surface area contributed by atoms with Crippen LogP contribution in [-0.2, 0) is 4.74 Å². The molecule has 0 saturated carbocycles. The van der Waals surface area contributed by atoms with Gasteiger partial charge in [0, 0.05) is 11.3 Å². The summed E-state index contributed by atoms with van der Waals surface area (Å²) in [5.41, 5.74) is 10.1. The van der Waals surface area contributed by atoms with Gasteiger partial charge in [-0.3, -0.25) is 9.36 Å². The quantitative estimate of drug-likeness (QED) is 0.365. The van der Waals surface area contributed by atoms with Crippen LogP contribution in [-0.4, -0.2) is 32.9 Å². The van der Waals surface area contributed by atoms with Gasteiger partial charge in [0.1, 0.15) is 16.9 Å². The number of nitrogen functional groups attached to an aromatic ring is 1. The number of anilines is 1. The van der Waals surface area contributed by atoms with E-state index in [2.05, 4.69) is 4.98 Å². The molecule has 1 atom stereocenters. The lowest BCUT2D eigenvalue weighted by atomic mass is 10.1. The predicted octanol–water partition coefficient (Wildman–Crippen LogP) is 4.56. The molecule has 0 aliphatic rings. The Kier molecular flexibility index (Phi) is 5.42. The number of Topliss-reactive ketones (excluding diaryl/α,β-unsaturated/α-hetero) is 1. The van der Waals surface area contributed by atoms with Crippen LogP contribution in [0.3, 0.4) is 0 Å². The van der Waals surface area contributed by atoms with Crippen LogP contribution >= 0.6 is 0 Å². The zero-order valence-corrected chi connectivity index (χ0v) is 17.8. The number of rotatable bonds is 6. The van der Waals surface area contributed by atoms with E-state index in [-0.39, 0.29) is 23.1 Å². The summed E-state index contributed by atoms with van der Waals surface area (Å²) >= 11 is 0. The van der Waals surface area contributed by atoms with Crippen LogP contribution in [0.4, 0.5) is 5.82 Å². The molecule has 7 heteroatoms. The highest BCUT2D eigenvalue weighted by atomic mass is 16.5. The maximum atomic E-state index is 13.0. The maximum absolute atomic E-state index is 13.0. The number of aromatic nitrogens is 3. The smallest absolute Gasteiger partial charge is 0.344 e. The Balaban J connectivity index is 1.92. The van der Waals surface area contributed by atoms with E-state index >= 15 is 0 Å². The number of nitrogens with two attached hydrogens (primary N) is 1. The second kappa shape index (κ2) is 8.18. The molecule has 0 bridgehead atoms. The summed E-state index contributed by atoms with van der Waals surface area (Å²) in [7, 11) is 0. The fourth-order valence-electron chi connectivity index (χ4n) is 3.38. The highest BCUT2D eigenvalue weighted by Gasteiger charge is 2.26. The van der Waals surface area contributed by atoms with Gasteiger partial charge in [0.25, 0.3) is 0 Å². The minimum absolute atomic E-state index is 0.0306. The van der Waals surface area contributed by atoms with Gasteiger partial charge in [-0.1, -0.05) is 32.4 Å². The van der Waals surface area contributed by atoms with Crippen molar-refractivity contribution in [2.24, 2.45) is 5.92 Å². The van der Waals surface area contributed by atoms with Gasteiger partial charge >= 0.3 is 5.97 Å². The van der Waals surface area contributed by atoms with Gasteiger partial charge in [0.05, 0.1) is 17.6 Å². The van der Waals surface area contributed by atoms with Gasteiger partial charge in [0.15, 0.2) is 11.4 Å². The Morgan fingerprint density at radius 3 is 2.32 bits per heavy atom. The largest absolute Gasteiger partial charge is 0.462 e. The third kappa shape index (κ3) is 3.74. The third-order valence-electron chi connectivity index (χ3n) is 5.43. The van der Waals surface area contributed by atoms with Gasteiger partial charge in [-0.05, 0) is 49.2 Å². The van der Waals surface area contributed by atoms with Crippen molar-refractivity contribution >= 4 is 39.8 Å². The standard InChI is InChI=1S/C24H24N4O3/c1-4-14(2)13-31-24(30)20-21-23(27-19-8-6-5-7-18(19)26-21)28(22(20)25)17-11-9-16(10-12-17)15(3)29/h5-12,14H,4,13,25H2,1-3H3/t14-/m1/s1. The summed E-state index contributed by atoms with van der Waals surface area (Å²) in [6.07, 6.45) is 0.900. The number of nitrogens with zero attached hydrogens (tertiary/aromatic N) is 3. The van der Waals surface area contributed by atoms with Crippen LogP contribution < -0.4 is 5.73 Å². The molecule has 7 nitrogen and oxygen atoms in total. The second-order valence-electron chi connectivity index (χ2n) is 7.70. The molecular weight excluding hydrogens is 392 g/mol. The Bertz CT molecular complexity index is 1290. The number of benzene rings is 2. The summed E-state index contributed by atoms with van der Waals surface area (Å²) in [4.78, 5) is 34.1. The topological polar surface area (TPSA) is 100 Å². The average molecular weight is 416 g/mol. The molecule has 4 rings (SSSR count). The van der Waals surface area contributed by atoms with Gasteiger partial charge in [-0.25, -0.2) is 14.8 Å². The average Bonchev–Trinajstić information content (AvgIpc) is 3.06. The number of fused-ring (bicyclic) bond motifs is 2. The van der Waals surface area contributed by atoms with Gasteiger partial charge in [0.2, 0.25) is 0 Å². The zero-order chi connectivity index (χ0) is 22.1. The number of esters is 1. The molecule has 2 aromatic heterocycles. The van der Waals surface area contributed by atoms with E-state index in [9.17, 15) is 9.59 Å². The molecule has 0 aliphatic carbocycles. The van der Waals surface area contributed by atoms with E-state index in [1.165, 1.54) is 6.92 Å². The molecule has 0 unspecified atom stereocenters. The summed E-state index contributed by atoms with van der Waals surface area (Å²) in [5.74, 6) is -0.108. The summed E-state index contributed by atoms with van der Waals surface area (Å²) in [6, 6.07) is 14.4. The number of hydrogen-bond donors (Lipinski definition) is 1. The van der Waals surface area contributed by atoms with E-state index in [1.54, 1.807) is 28.8 Å². The SMILES string of the molecule is CC[C@@H](C)COC(=O)c1c(N)n(-c2ccc(C(C)=O)cc2)c2nc3ccccc3nc12. The Morgan fingerprint density at radius 1 is 1.06 bits per heavy atom. The predicted molar refractivity (Wildman–Crippen MR) is 121 cm³/mol. The van der Waals surface area contributed by atoms with Gasteiger partial charge in [-0.2, -0.15) is 0 Å². The highest BCUT2D eigenvalue weighted by Crippen LogP contribution is 2.31. The first-order valence-electron chi connectivity index (χ1n) is 10.3. The Morgan fingerprint density at radius 2 is 1.71 bits per heavy atom. The van der Waals surface area contributed by atoms with Crippen LogP contribution in [0, 0.1) is 5.92 Å². The molecular formula is C24H24N4O3. The van der Waals surface area contributed by atoms with Crippen molar-refractivity contribution in [2.75, 3.05) is 12.3 Å². The van der Waals surface area contributed by atoms with Crippen LogP contribution in [0.5, 0.6) is 0 Å². The van der Waals surface area contributed by atoms with Crippen molar-refractivity contribution in [3.8, 4) is 5.69 Å². The normalized spacial score (nSPS) is 12.2. The third-order valence-corrected chi connectivity index (χ3v) is 5.43. The van der Waals surface area contributed by atoms with Crippen LogP contribution in [0.1, 0.15) is 47.9 Å². The van der Waals surface area contributed by atoms with Crippen molar-refractivity contribution in [3.63, 3.8) is 0 Å². The molecule has 0 radical (unpaired) electrons. The summed E-state index contributed by atoms with van der Waals surface area (Å²) in [5, 5.41) is 0. The first-order valence-corrected chi connectivity index (χ1v) is 10.3. The second-order valence-corrected chi connectivity index (χ2v) is 7.70. The van der Waals surface area contributed by atoms with Crippen molar-refractivity contribution < 1.29 is 14.3 Å². The van der Waals surface area contributed by atoms with Crippen molar-refractivity contribution in [2.45, 2.75) is 27.2 Å². The molecule has 0 fully saturated rings. The molecule has 158 valence electrons. The number of ketones is 1. The van der Waals surface area contributed by atoms with E-state index in [4.69, 9.17) is 15.5 Å². The molecule has 0 spiro atoms. The minimum atomic E-state index is -0.522. The number of hydrogen-bond acceptors (Lipinski definition) is 6. The Hall–Kier alpha value is -3.74. The molecule has 0 saturated heterocycles. The zero-order valence-electron chi connectivity index (χ0n) is 17.8. The summed E-state index contributed by atoms with van der Waals surface area (Å²) in [6.45, 7) is 5.87. The van der Waals surface area contributed by atoms with E-state index < -0.39 is 5.97 Å². The first kappa shape index (κ1) is 20.5. The first-order chi connectivity index (χ1) is 14.9. The van der Waals surface area contributed by atoms with Gasteiger partial charge in [-0.15, -0.1) is 0 Å². The molecule has 0 amide bonds. The fraction of sp³-hybridized carbons (Fsp3) is 0.250. The van der Waals surface area contributed by atoms with Crippen molar-refractivity contribution in [3.05, 3.63) is 59.7 Å². The van der Waals surface area contributed by atoms with E-state index in [0.717, 1.165) is 6.42 Å². The number of para-hydroxylation sites is 2. The van der Waals surface area contributed by atoms with E-state index in [1.807, 2.05) is 38.1 Å². The van der Waals surface area contributed by atoms with Crippen molar-refractivity contribution in [1.82, 2.24) is 14.5 Å². The van der Waals surface area contributed by atoms with Crippen LogP contribution in [0.25, 0.3) is 27.9 Å². The van der Waals surface area contributed by atoms with Crippen molar-refractivity contribution in [1.29, 1.82) is 0 Å². The Labute approximate surface area is 179 Å². The lowest BCUT2D eigenvalue weighted by Gasteiger charge is -2.10. The summed E-state index contributed by atoms with van der Waals surface area (Å²) < 4.78 is 7.22. The minimum Gasteiger partial charge on any atom is -0.462 e. The monoisotopic (exact) mass is 416 g/mol. The number of carbonyl (C=O) groups excluding carboxylic acids is 2. The lowest BCUT2D eigenvalue weighted by Crippen LogP contribution is -2.13. The van der Waals surface area contributed by atoms with Crippen LogP contribution in [0.2, 0.25) is 0 Å². The van der Waals surface area contributed by atoms with Gasteiger partial charge < -0.3 is 10.5 Å². The van der Waals surface area contributed by atoms with E-state index in [0.29, 0.717) is 40.1 Å². The molecule has 2 heterocycles. The lowest BCUT2D eigenvalue weighted by molar-refractivity contribution is 0.0450.